The predicted molar refractivity (Wildman–Crippen MR) is 76.9 cm³/mol. The molecule has 0 aliphatic rings. The molecule has 6 heteroatoms. The predicted octanol–water partition coefficient (Wildman–Crippen LogP) is 1.82. The number of rotatable bonds is 8. The van der Waals surface area contributed by atoms with Gasteiger partial charge in [0, 0.05) is 32.0 Å². The lowest BCUT2D eigenvalue weighted by molar-refractivity contribution is 0.191. The van der Waals surface area contributed by atoms with Crippen LogP contribution in [0.4, 0.5) is 5.69 Å². The Balaban J connectivity index is 2.66. The van der Waals surface area contributed by atoms with E-state index < -0.39 is 10.0 Å². The van der Waals surface area contributed by atoms with Crippen LogP contribution in [0, 0.1) is 0 Å². The van der Waals surface area contributed by atoms with Crippen molar-refractivity contribution in [3.8, 4) is 0 Å². The van der Waals surface area contributed by atoms with Crippen LogP contribution >= 0.6 is 0 Å². The number of nitrogens with one attached hydrogen (secondary N) is 2. The van der Waals surface area contributed by atoms with Gasteiger partial charge < -0.3 is 10.1 Å². The second kappa shape index (κ2) is 7.47. The second-order valence-electron chi connectivity index (χ2n) is 4.35. The van der Waals surface area contributed by atoms with Gasteiger partial charge in [-0.2, -0.15) is 0 Å². The summed E-state index contributed by atoms with van der Waals surface area (Å²) >= 11 is 0. The Morgan fingerprint density at radius 3 is 2.42 bits per heavy atom. The summed E-state index contributed by atoms with van der Waals surface area (Å²) < 4.78 is 31.0. The summed E-state index contributed by atoms with van der Waals surface area (Å²) in [4.78, 5) is 0.282. The van der Waals surface area contributed by atoms with E-state index in [0.29, 0.717) is 13.2 Å². The van der Waals surface area contributed by atoms with Gasteiger partial charge in [0.05, 0.1) is 4.90 Å². The molecule has 1 aromatic carbocycles. The Morgan fingerprint density at radius 1 is 1.26 bits per heavy atom. The lowest BCUT2D eigenvalue weighted by Gasteiger charge is -2.15. The van der Waals surface area contributed by atoms with E-state index in [2.05, 4.69) is 17.0 Å². The molecule has 5 nitrogen and oxygen atoms in total. The third kappa shape index (κ3) is 5.18. The maximum absolute atomic E-state index is 11.8. The minimum Gasteiger partial charge on any atom is -0.385 e. The third-order valence-corrected chi connectivity index (χ3v) is 4.23. The summed E-state index contributed by atoms with van der Waals surface area (Å²) in [5.41, 5.74) is 0.902. The molecule has 0 heterocycles. The van der Waals surface area contributed by atoms with Crippen LogP contribution in [0.25, 0.3) is 0 Å². The van der Waals surface area contributed by atoms with Gasteiger partial charge in [0.15, 0.2) is 0 Å². The van der Waals surface area contributed by atoms with Gasteiger partial charge in [-0.25, -0.2) is 13.1 Å². The second-order valence-corrected chi connectivity index (χ2v) is 6.12. The van der Waals surface area contributed by atoms with Crippen LogP contribution in [0.1, 0.15) is 20.3 Å². The zero-order valence-corrected chi connectivity index (χ0v) is 12.5. The van der Waals surface area contributed by atoms with Crippen LogP contribution in [0.15, 0.2) is 29.2 Å². The van der Waals surface area contributed by atoms with Crippen molar-refractivity contribution < 1.29 is 13.2 Å². The zero-order valence-electron chi connectivity index (χ0n) is 11.6. The Kier molecular flexibility index (Phi) is 6.27. The first-order chi connectivity index (χ1) is 8.99. The molecular weight excluding hydrogens is 264 g/mol. The highest BCUT2D eigenvalue weighted by molar-refractivity contribution is 7.89. The van der Waals surface area contributed by atoms with E-state index in [1.807, 2.05) is 0 Å². The van der Waals surface area contributed by atoms with E-state index in [0.717, 1.165) is 12.1 Å². The summed E-state index contributed by atoms with van der Waals surface area (Å²) in [7, 11) is -1.69. The van der Waals surface area contributed by atoms with Gasteiger partial charge in [-0.3, -0.25) is 0 Å². The van der Waals surface area contributed by atoms with Crippen LogP contribution in [-0.2, 0) is 14.8 Å². The van der Waals surface area contributed by atoms with Gasteiger partial charge in [0.25, 0.3) is 0 Å². The normalized spacial score (nSPS) is 13.2. The molecule has 0 aromatic heterocycles. The molecule has 108 valence electrons. The van der Waals surface area contributed by atoms with Crippen LogP contribution in [0.5, 0.6) is 0 Å². The van der Waals surface area contributed by atoms with Crippen molar-refractivity contribution in [2.75, 3.05) is 25.6 Å². The van der Waals surface area contributed by atoms with Crippen molar-refractivity contribution in [3.63, 3.8) is 0 Å². The number of hydrogen-bond donors (Lipinski definition) is 2. The first-order valence-electron chi connectivity index (χ1n) is 6.34. The number of hydrogen-bond acceptors (Lipinski definition) is 4. The van der Waals surface area contributed by atoms with Gasteiger partial charge in [-0.15, -0.1) is 0 Å². The Hall–Kier alpha value is -1.11. The fourth-order valence-electron chi connectivity index (χ4n) is 1.65. The average Bonchev–Trinajstić information content (AvgIpc) is 2.37. The van der Waals surface area contributed by atoms with Crippen molar-refractivity contribution in [3.05, 3.63) is 24.3 Å². The van der Waals surface area contributed by atoms with E-state index in [9.17, 15) is 8.42 Å². The number of benzene rings is 1. The molecule has 2 N–H and O–H groups in total. The van der Waals surface area contributed by atoms with Gasteiger partial charge in [0.2, 0.25) is 10.0 Å². The highest BCUT2D eigenvalue weighted by Gasteiger charge is 2.12. The largest absolute Gasteiger partial charge is 0.385 e. The lowest BCUT2D eigenvalue weighted by atomic mass is 10.2. The maximum atomic E-state index is 11.8. The summed E-state index contributed by atoms with van der Waals surface area (Å²) in [6, 6.07) is 7.02. The molecule has 0 aliphatic heterocycles. The number of ether oxygens (including phenoxy) is 1. The summed E-state index contributed by atoms with van der Waals surface area (Å²) in [5, 5.41) is 3.29. The van der Waals surface area contributed by atoms with Gasteiger partial charge in [-0.1, -0.05) is 6.92 Å². The molecule has 0 spiro atoms. The molecule has 1 unspecified atom stereocenters. The Bertz CT molecular complexity index is 471. The van der Waals surface area contributed by atoms with Crippen LogP contribution in [0.2, 0.25) is 0 Å². The van der Waals surface area contributed by atoms with Gasteiger partial charge >= 0.3 is 0 Å². The van der Waals surface area contributed by atoms with Crippen molar-refractivity contribution >= 4 is 15.7 Å². The molecule has 1 aromatic rings. The molecule has 1 atom stereocenters. The van der Waals surface area contributed by atoms with Crippen LogP contribution in [0.3, 0.4) is 0 Å². The van der Waals surface area contributed by atoms with Crippen molar-refractivity contribution in [1.82, 2.24) is 4.72 Å². The quantitative estimate of drug-likeness (QED) is 0.765. The van der Waals surface area contributed by atoms with Gasteiger partial charge in [-0.05, 0) is 37.6 Å². The average molecular weight is 286 g/mol. The molecule has 19 heavy (non-hydrogen) atoms. The molecule has 0 saturated carbocycles. The topological polar surface area (TPSA) is 67.4 Å². The van der Waals surface area contributed by atoms with Crippen molar-refractivity contribution in [1.29, 1.82) is 0 Å². The van der Waals surface area contributed by atoms with Crippen molar-refractivity contribution in [2.45, 2.75) is 31.2 Å². The Morgan fingerprint density at radius 2 is 1.89 bits per heavy atom. The van der Waals surface area contributed by atoms with E-state index in [1.165, 1.54) is 0 Å². The van der Waals surface area contributed by atoms with Crippen LogP contribution < -0.4 is 10.0 Å². The van der Waals surface area contributed by atoms with E-state index in [4.69, 9.17) is 4.74 Å². The molecule has 0 radical (unpaired) electrons. The highest BCUT2D eigenvalue weighted by Crippen LogP contribution is 2.15. The molecule has 0 fully saturated rings. The minimum absolute atomic E-state index is 0.274. The highest BCUT2D eigenvalue weighted by atomic mass is 32.2. The van der Waals surface area contributed by atoms with E-state index in [-0.39, 0.29) is 10.9 Å². The minimum atomic E-state index is -3.37. The fraction of sp³-hybridized carbons (Fsp3) is 0.538. The first-order valence-corrected chi connectivity index (χ1v) is 7.83. The van der Waals surface area contributed by atoms with Gasteiger partial charge in [0.1, 0.15) is 0 Å². The zero-order chi connectivity index (χ0) is 14.3. The maximum Gasteiger partial charge on any atom is 0.240 e. The fourth-order valence-corrected chi connectivity index (χ4v) is 2.70. The summed E-state index contributed by atoms with van der Waals surface area (Å²) in [6.07, 6.45) is 0.897. The number of sulfonamides is 1. The standard InChI is InChI=1S/C13H22N2O3S/c1-4-14-19(16,17)13-7-5-12(6-8-13)15-11(2)9-10-18-3/h5-8,11,14-15H,4,9-10H2,1-3H3. The summed E-state index contributed by atoms with van der Waals surface area (Å²) in [6.45, 7) is 4.89. The van der Waals surface area contributed by atoms with Crippen molar-refractivity contribution in [2.24, 2.45) is 0 Å². The number of methoxy groups -OCH3 is 1. The molecular formula is C13H22N2O3S. The molecule has 0 saturated heterocycles. The lowest BCUT2D eigenvalue weighted by Crippen LogP contribution is -2.23. The van der Waals surface area contributed by atoms with E-state index >= 15 is 0 Å². The molecule has 0 amide bonds. The molecule has 0 aliphatic carbocycles. The van der Waals surface area contributed by atoms with E-state index in [1.54, 1.807) is 38.3 Å². The van der Waals surface area contributed by atoms with Crippen LogP contribution in [-0.4, -0.2) is 34.7 Å². The molecule has 1 rings (SSSR count). The first kappa shape index (κ1) is 15.9. The monoisotopic (exact) mass is 286 g/mol. The third-order valence-electron chi connectivity index (χ3n) is 2.67. The smallest absolute Gasteiger partial charge is 0.240 e. The Labute approximate surface area is 115 Å². The SMILES string of the molecule is CCNS(=O)(=O)c1ccc(NC(C)CCOC)cc1. The summed E-state index contributed by atoms with van der Waals surface area (Å²) in [5.74, 6) is 0. The molecule has 0 bridgehead atoms. The number of anilines is 1.